The van der Waals surface area contributed by atoms with E-state index in [-0.39, 0.29) is 0 Å². The van der Waals surface area contributed by atoms with Crippen molar-refractivity contribution in [2.75, 3.05) is 0 Å². The van der Waals surface area contributed by atoms with Crippen LogP contribution < -0.4 is 20.8 Å². The summed E-state index contributed by atoms with van der Waals surface area (Å²) in [5.74, 6) is 1.39. The number of rotatable bonds is 6. The van der Waals surface area contributed by atoms with Crippen molar-refractivity contribution in [2.24, 2.45) is 11.5 Å². The number of benzene rings is 2. The van der Waals surface area contributed by atoms with Crippen molar-refractivity contribution < 1.29 is 9.31 Å². The average molecular weight is 255 g/mol. The van der Waals surface area contributed by atoms with E-state index < -0.39 is 0 Å². The lowest BCUT2D eigenvalue weighted by Gasteiger charge is -2.08. The normalized spacial score (nSPS) is 10.0. The maximum Gasteiger partial charge on any atom is 0.658 e. The Kier molecular flexibility index (Phi) is 4.83. The van der Waals surface area contributed by atoms with Gasteiger partial charge in [-0.05, 0) is 35.4 Å². The van der Waals surface area contributed by atoms with E-state index in [9.17, 15) is 0 Å². The Morgan fingerprint density at radius 3 is 1.68 bits per heavy atom. The minimum absolute atomic E-state index is 0.483. The van der Waals surface area contributed by atoms with Gasteiger partial charge in [-0.3, -0.25) is 0 Å². The molecule has 97 valence electrons. The molecule has 2 aromatic carbocycles. The first kappa shape index (κ1) is 13.5. The fraction of sp³-hybridized carbons (Fsp3) is 0.143. The fourth-order valence-electron chi connectivity index (χ4n) is 1.63. The van der Waals surface area contributed by atoms with Gasteiger partial charge in [0.2, 0.25) is 0 Å². The van der Waals surface area contributed by atoms with E-state index >= 15 is 0 Å². The smallest absolute Gasteiger partial charge is 0.526 e. The topological polar surface area (TPSA) is 70.5 Å². The second-order valence-electron chi connectivity index (χ2n) is 4.03. The molecule has 0 aliphatic heterocycles. The summed E-state index contributed by atoms with van der Waals surface area (Å²) in [5.41, 5.74) is 13.1. The lowest BCUT2D eigenvalue weighted by atomic mass is 10.2. The van der Waals surface area contributed by atoms with E-state index in [4.69, 9.17) is 20.8 Å². The molecule has 0 amide bonds. The molecule has 0 spiro atoms. The SMILES string of the molecule is NCc1cccc(O[B]Oc2cccc(CN)c2)c1. The maximum atomic E-state index is 5.56. The molecule has 0 aromatic heterocycles. The molecule has 0 saturated carbocycles. The van der Waals surface area contributed by atoms with Gasteiger partial charge in [-0.1, -0.05) is 24.3 Å². The third-order valence-electron chi connectivity index (χ3n) is 2.64. The van der Waals surface area contributed by atoms with E-state index in [1.165, 1.54) is 7.69 Å². The first-order valence-electron chi connectivity index (χ1n) is 6.05. The summed E-state index contributed by atoms with van der Waals surface area (Å²) in [7, 11) is 1.30. The Morgan fingerprint density at radius 2 is 1.26 bits per heavy atom. The molecule has 2 aromatic rings. The van der Waals surface area contributed by atoms with Crippen LogP contribution in [0.4, 0.5) is 0 Å². The van der Waals surface area contributed by atoms with Crippen molar-refractivity contribution in [3.05, 3.63) is 59.7 Å². The summed E-state index contributed by atoms with van der Waals surface area (Å²) >= 11 is 0. The third-order valence-corrected chi connectivity index (χ3v) is 2.64. The number of nitrogens with two attached hydrogens (primary N) is 2. The highest BCUT2D eigenvalue weighted by Crippen LogP contribution is 2.15. The van der Waals surface area contributed by atoms with Crippen molar-refractivity contribution in [3.63, 3.8) is 0 Å². The molecule has 0 aliphatic rings. The van der Waals surface area contributed by atoms with E-state index in [0.717, 1.165) is 11.1 Å². The predicted octanol–water partition coefficient (Wildman–Crippen LogP) is 1.60. The highest BCUT2D eigenvalue weighted by molar-refractivity contribution is 6.20. The van der Waals surface area contributed by atoms with Crippen LogP contribution in [-0.2, 0) is 13.1 Å². The van der Waals surface area contributed by atoms with E-state index in [2.05, 4.69) is 0 Å². The zero-order valence-electron chi connectivity index (χ0n) is 10.6. The second kappa shape index (κ2) is 6.82. The van der Waals surface area contributed by atoms with Crippen LogP contribution in [0.3, 0.4) is 0 Å². The average Bonchev–Trinajstić information content (AvgIpc) is 2.48. The first-order chi connectivity index (χ1) is 9.31. The molecule has 0 heterocycles. The van der Waals surface area contributed by atoms with E-state index in [0.29, 0.717) is 24.6 Å². The van der Waals surface area contributed by atoms with Gasteiger partial charge in [0.05, 0.1) is 0 Å². The van der Waals surface area contributed by atoms with Crippen molar-refractivity contribution in [1.29, 1.82) is 0 Å². The lowest BCUT2D eigenvalue weighted by molar-refractivity contribution is 0.458. The minimum atomic E-state index is 0.483. The van der Waals surface area contributed by atoms with E-state index in [1.54, 1.807) is 0 Å². The van der Waals surface area contributed by atoms with Crippen molar-refractivity contribution in [1.82, 2.24) is 0 Å². The molecule has 4 nitrogen and oxygen atoms in total. The van der Waals surface area contributed by atoms with Crippen LogP contribution in [0.5, 0.6) is 11.5 Å². The van der Waals surface area contributed by atoms with Crippen molar-refractivity contribution in [3.8, 4) is 11.5 Å². The van der Waals surface area contributed by atoms with Crippen molar-refractivity contribution in [2.45, 2.75) is 13.1 Å². The molecule has 0 aliphatic carbocycles. The molecular formula is C14H16BN2O2. The minimum Gasteiger partial charge on any atom is -0.526 e. The predicted molar refractivity (Wildman–Crippen MR) is 75.7 cm³/mol. The van der Waals surface area contributed by atoms with Gasteiger partial charge in [0.15, 0.2) is 0 Å². The van der Waals surface area contributed by atoms with Gasteiger partial charge < -0.3 is 20.8 Å². The standard InChI is InChI=1S/C14H16BN2O2/c16-9-11-3-1-5-13(7-11)18-15-19-14-6-2-4-12(8-14)10-17/h1-8H,9-10,16-17H2. The monoisotopic (exact) mass is 255 g/mol. The second-order valence-corrected chi connectivity index (χ2v) is 4.03. The highest BCUT2D eigenvalue weighted by atomic mass is 16.6. The molecule has 0 bridgehead atoms. The van der Waals surface area contributed by atoms with Gasteiger partial charge in [-0.15, -0.1) is 0 Å². The summed E-state index contributed by atoms with van der Waals surface area (Å²) < 4.78 is 10.8. The van der Waals surface area contributed by atoms with Crippen LogP contribution in [0.1, 0.15) is 11.1 Å². The Labute approximate surface area is 113 Å². The molecule has 2 rings (SSSR count). The summed E-state index contributed by atoms with van der Waals surface area (Å²) in [5, 5.41) is 0. The Morgan fingerprint density at radius 1 is 0.789 bits per heavy atom. The third kappa shape index (κ3) is 4.01. The summed E-state index contributed by atoms with van der Waals surface area (Å²) in [6.07, 6.45) is 0. The van der Waals surface area contributed by atoms with Gasteiger partial charge in [0, 0.05) is 13.1 Å². The van der Waals surface area contributed by atoms with Crippen LogP contribution in [-0.4, -0.2) is 7.69 Å². The molecule has 4 N–H and O–H groups in total. The molecule has 1 radical (unpaired) electrons. The Hall–Kier alpha value is -1.98. The molecule has 19 heavy (non-hydrogen) atoms. The largest absolute Gasteiger partial charge is 0.658 e. The van der Waals surface area contributed by atoms with Crippen molar-refractivity contribution >= 4 is 7.69 Å². The summed E-state index contributed by atoms with van der Waals surface area (Å²) in [6, 6.07) is 15.1. The summed E-state index contributed by atoms with van der Waals surface area (Å²) in [6.45, 7) is 0.965. The lowest BCUT2D eigenvalue weighted by Crippen LogP contribution is -2.11. The molecular weight excluding hydrogens is 239 g/mol. The number of hydrogen-bond acceptors (Lipinski definition) is 4. The van der Waals surface area contributed by atoms with Crippen LogP contribution in [0.25, 0.3) is 0 Å². The van der Waals surface area contributed by atoms with Gasteiger partial charge in [-0.25, -0.2) is 0 Å². The number of hydrogen-bond donors (Lipinski definition) is 2. The Bertz CT molecular complexity index is 487. The molecule has 0 unspecified atom stereocenters. The molecule has 0 fully saturated rings. The van der Waals surface area contributed by atoms with Gasteiger partial charge in [0.25, 0.3) is 0 Å². The van der Waals surface area contributed by atoms with Gasteiger partial charge in [-0.2, -0.15) is 0 Å². The van der Waals surface area contributed by atoms with Crippen LogP contribution in [0.15, 0.2) is 48.5 Å². The van der Waals surface area contributed by atoms with Crippen LogP contribution in [0, 0.1) is 0 Å². The summed E-state index contributed by atoms with van der Waals surface area (Å²) in [4.78, 5) is 0. The zero-order chi connectivity index (χ0) is 13.5. The van der Waals surface area contributed by atoms with Gasteiger partial charge >= 0.3 is 7.69 Å². The molecule has 0 atom stereocenters. The fourth-order valence-corrected chi connectivity index (χ4v) is 1.63. The molecule has 5 heteroatoms. The highest BCUT2D eigenvalue weighted by Gasteiger charge is 2.02. The Balaban J connectivity index is 1.88. The van der Waals surface area contributed by atoms with Crippen LogP contribution >= 0.6 is 0 Å². The molecule has 0 saturated heterocycles. The van der Waals surface area contributed by atoms with Crippen LogP contribution in [0.2, 0.25) is 0 Å². The zero-order valence-corrected chi connectivity index (χ0v) is 10.6. The van der Waals surface area contributed by atoms with E-state index in [1.807, 2.05) is 48.5 Å². The quantitative estimate of drug-likeness (QED) is 0.769. The maximum absolute atomic E-state index is 5.56. The first-order valence-corrected chi connectivity index (χ1v) is 6.05. The van der Waals surface area contributed by atoms with Gasteiger partial charge in [0.1, 0.15) is 11.5 Å².